The maximum absolute atomic E-state index is 13.1. The molecule has 0 saturated carbocycles. The molecule has 0 bridgehead atoms. The summed E-state index contributed by atoms with van der Waals surface area (Å²) >= 11 is 0. The molecule has 1 aromatic carbocycles. The number of methoxy groups -OCH3 is 1. The maximum atomic E-state index is 13.1. The van der Waals surface area contributed by atoms with Gasteiger partial charge in [-0.1, -0.05) is 25.5 Å². The molecular weight excluding hydrogens is 474 g/mol. The third-order valence-corrected chi connectivity index (χ3v) is 5.28. The number of carbonyl (C=O) groups is 3. The number of esters is 1. The van der Waals surface area contributed by atoms with E-state index in [1.165, 1.54) is 7.11 Å². The highest BCUT2D eigenvalue weighted by Crippen LogP contribution is 2.15. The van der Waals surface area contributed by atoms with Crippen LogP contribution < -0.4 is 15.4 Å². The molecule has 9 heteroatoms. The summed E-state index contributed by atoms with van der Waals surface area (Å²) < 4.78 is 15.7. The zero-order valence-electron chi connectivity index (χ0n) is 22.5. The number of ether oxygens (including phenoxy) is 3. The van der Waals surface area contributed by atoms with Crippen molar-refractivity contribution < 1.29 is 28.6 Å². The zero-order chi connectivity index (χ0) is 27.3. The molecule has 1 aromatic heterocycles. The Morgan fingerprint density at radius 2 is 1.76 bits per heavy atom. The molecule has 202 valence electrons. The first kappa shape index (κ1) is 29.6. The number of hydrogen-bond donors (Lipinski definition) is 2. The van der Waals surface area contributed by atoms with Crippen LogP contribution in [-0.2, 0) is 31.9 Å². The van der Waals surface area contributed by atoms with Crippen molar-refractivity contribution in [3.63, 3.8) is 0 Å². The Morgan fingerprint density at radius 3 is 2.35 bits per heavy atom. The van der Waals surface area contributed by atoms with Crippen LogP contribution in [0, 0.1) is 0 Å². The topological polar surface area (TPSA) is 116 Å². The van der Waals surface area contributed by atoms with Crippen molar-refractivity contribution in [1.29, 1.82) is 0 Å². The number of benzene rings is 1. The first-order valence-corrected chi connectivity index (χ1v) is 12.6. The van der Waals surface area contributed by atoms with Gasteiger partial charge in [0.25, 0.3) is 0 Å². The first-order chi connectivity index (χ1) is 17.6. The molecule has 2 N–H and O–H groups in total. The van der Waals surface area contributed by atoms with Gasteiger partial charge in [-0.15, -0.1) is 0 Å². The molecule has 37 heavy (non-hydrogen) atoms. The van der Waals surface area contributed by atoms with Crippen LogP contribution in [0.4, 0.5) is 10.5 Å². The number of amides is 2. The van der Waals surface area contributed by atoms with Crippen molar-refractivity contribution in [1.82, 2.24) is 10.3 Å². The van der Waals surface area contributed by atoms with Gasteiger partial charge in [-0.3, -0.25) is 14.6 Å². The number of aromatic nitrogens is 1. The second-order valence-corrected chi connectivity index (χ2v) is 9.71. The molecule has 0 unspecified atom stereocenters. The van der Waals surface area contributed by atoms with Crippen molar-refractivity contribution >= 4 is 23.7 Å². The number of unbranched alkanes of at least 4 members (excludes halogenated alkanes) is 1. The zero-order valence-corrected chi connectivity index (χ0v) is 22.5. The molecule has 0 aliphatic rings. The van der Waals surface area contributed by atoms with Crippen molar-refractivity contribution in [3.05, 3.63) is 53.9 Å². The second kappa shape index (κ2) is 14.8. The SMILES string of the molecule is CCCCOc1ccc(C[C@@H](NC(=O)OC(C)(C)C)C(=O)Nc2ccc(CCCC(=O)OC)cc2)nc1. The molecule has 0 spiro atoms. The number of hydrogen-bond acceptors (Lipinski definition) is 7. The number of pyridine rings is 1. The van der Waals surface area contributed by atoms with E-state index in [0.717, 1.165) is 24.8 Å². The molecule has 1 heterocycles. The summed E-state index contributed by atoms with van der Waals surface area (Å²) in [5.41, 5.74) is 1.55. The number of nitrogens with zero attached hydrogens (tertiary/aromatic N) is 1. The molecule has 0 aliphatic heterocycles. The van der Waals surface area contributed by atoms with Crippen molar-refractivity contribution in [2.24, 2.45) is 0 Å². The molecule has 2 aromatic rings. The van der Waals surface area contributed by atoms with Gasteiger partial charge in [-0.25, -0.2) is 4.79 Å². The summed E-state index contributed by atoms with van der Waals surface area (Å²) in [5, 5.41) is 5.52. The Balaban J connectivity index is 2.05. The van der Waals surface area contributed by atoms with Crippen molar-refractivity contribution in [2.75, 3.05) is 19.0 Å². The van der Waals surface area contributed by atoms with E-state index in [9.17, 15) is 14.4 Å². The minimum Gasteiger partial charge on any atom is -0.492 e. The lowest BCUT2D eigenvalue weighted by Gasteiger charge is -2.23. The van der Waals surface area contributed by atoms with Crippen LogP contribution in [0.5, 0.6) is 5.75 Å². The van der Waals surface area contributed by atoms with Crippen LogP contribution in [0.2, 0.25) is 0 Å². The Labute approximate surface area is 219 Å². The monoisotopic (exact) mass is 513 g/mol. The maximum Gasteiger partial charge on any atom is 0.408 e. The van der Waals surface area contributed by atoms with E-state index >= 15 is 0 Å². The third kappa shape index (κ3) is 11.8. The summed E-state index contributed by atoms with van der Waals surface area (Å²) in [5.74, 6) is 0.0277. The lowest BCUT2D eigenvalue weighted by atomic mass is 10.1. The lowest BCUT2D eigenvalue weighted by Crippen LogP contribution is -2.47. The fourth-order valence-electron chi connectivity index (χ4n) is 3.34. The van der Waals surface area contributed by atoms with Gasteiger partial charge in [-0.2, -0.15) is 0 Å². The van der Waals surface area contributed by atoms with Gasteiger partial charge in [0.2, 0.25) is 5.91 Å². The fraction of sp³-hybridized carbons (Fsp3) is 0.500. The Bertz CT molecular complexity index is 1000. The number of nitrogens with one attached hydrogen (secondary N) is 2. The molecule has 0 fully saturated rings. The van der Waals surface area contributed by atoms with Gasteiger partial charge in [0.1, 0.15) is 17.4 Å². The van der Waals surface area contributed by atoms with Gasteiger partial charge in [-0.05, 0) is 69.9 Å². The predicted molar refractivity (Wildman–Crippen MR) is 142 cm³/mol. The van der Waals surface area contributed by atoms with Gasteiger partial charge < -0.3 is 24.8 Å². The minimum atomic E-state index is -0.908. The number of anilines is 1. The summed E-state index contributed by atoms with van der Waals surface area (Å²) in [6.45, 7) is 7.98. The molecule has 0 aliphatic carbocycles. The normalized spacial score (nSPS) is 11.8. The summed E-state index contributed by atoms with van der Waals surface area (Å²) in [4.78, 5) is 41.3. The van der Waals surface area contributed by atoms with E-state index in [1.54, 1.807) is 51.2 Å². The molecule has 0 radical (unpaired) electrons. The van der Waals surface area contributed by atoms with Crippen molar-refractivity contribution in [2.45, 2.75) is 77.9 Å². The lowest BCUT2D eigenvalue weighted by molar-refractivity contribution is -0.140. The first-order valence-electron chi connectivity index (χ1n) is 12.6. The summed E-state index contributed by atoms with van der Waals surface area (Å²) in [6.07, 6.45) is 4.85. The van der Waals surface area contributed by atoms with Crippen molar-refractivity contribution in [3.8, 4) is 5.75 Å². The highest BCUT2D eigenvalue weighted by Gasteiger charge is 2.25. The van der Waals surface area contributed by atoms with E-state index in [1.807, 2.05) is 12.1 Å². The minimum absolute atomic E-state index is 0.173. The van der Waals surface area contributed by atoms with Crippen LogP contribution in [-0.4, -0.2) is 48.3 Å². The van der Waals surface area contributed by atoms with E-state index in [2.05, 4.69) is 27.3 Å². The van der Waals surface area contributed by atoms with Gasteiger partial charge in [0.05, 0.1) is 19.9 Å². The van der Waals surface area contributed by atoms with Crippen LogP contribution >= 0.6 is 0 Å². The Kier molecular flexibility index (Phi) is 11.9. The van der Waals surface area contributed by atoms with Gasteiger partial charge in [0, 0.05) is 24.2 Å². The smallest absolute Gasteiger partial charge is 0.408 e. The quantitative estimate of drug-likeness (QED) is 0.291. The van der Waals surface area contributed by atoms with Crippen LogP contribution in [0.15, 0.2) is 42.6 Å². The highest BCUT2D eigenvalue weighted by molar-refractivity contribution is 5.96. The average molecular weight is 514 g/mol. The molecular formula is C28H39N3O6. The van der Waals surface area contributed by atoms with E-state index in [4.69, 9.17) is 9.47 Å². The second-order valence-electron chi connectivity index (χ2n) is 9.71. The molecule has 2 amide bonds. The number of alkyl carbamates (subject to hydrolysis) is 1. The van der Waals surface area contributed by atoms with E-state index < -0.39 is 23.6 Å². The third-order valence-electron chi connectivity index (χ3n) is 5.28. The number of aryl methyl sites for hydroxylation is 1. The summed E-state index contributed by atoms with van der Waals surface area (Å²) in [6, 6.07) is 10.0. The summed E-state index contributed by atoms with van der Waals surface area (Å²) in [7, 11) is 1.37. The number of rotatable bonds is 13. The van der Waals surface area contributed by atoms with E-state index in [-0.39, 0.29) is 12.4 Å². The standard InChI is InChI=1S/C28H39N3O6/c1-6-7-17-36-23-16-15-22(29-19-23)18-24(31-27(34)37-28(2,3)4)26(33)30-21-13-11-20(12-14-21)9-8-10-25(32)35-5/h11-16,19,24H,6-10,17-18H2,1-5H3,(H,30,33)(H,31,34)/t24-/m1/s1. The fourth-order valence-corrected chi connectivity index (χ4v) is 3.34. The largest absolute Gasteiger partial charge is 0.492 e. The van der Waals surface area contributed by atoms with Crippen LogP contribution in [0.3, 0.4) is 0 Å². The van der Waals surface area contributed by atoms with E-state index in [0.29, 0.717) is 36.6 Å². The molecule has 0 saturated heterocycles. The Morgan fingerprint density at radius 1 is 1.03 bits per heavy atom. The molecule has 9 nitrogen and oxygen atoms in total. The highest BCUT2D eigenvalue weighted by atomic mass is 16.6. The molecule has 2 rings (SSSR count). The number of carbonyl (C=O) groups excluding carboxylic acids is 3. The predicted octanol–water partition coefficient (Wildman–Crippen LogP) is 4.83. The van der Waals surface area contributed by atoms with Crippen LogP contribution in [0.25, 0.3) is 0 Å². The van der Waals surface area contributed by atoms with Crippen LogP contribution in [0.1, 0.15) is 64.6 Å². The van der Waals surface area contributed by atoms with Gasteiger partial charge >= 0.3 is 12.1 Å². The average Bonchev–Trinajstić information content (AvgIpc) is 2.84. The van der Waals surface area contributed by atoms with Gasteiger partial charge in [0.15, 0.2) is 0 Å². The Hall–Kier alpha value is -3.62. The molecule has 1 atom stereocenters.